The van der Waals surface area contributed by atoms with E-state index in [2.05, 4.69) is 38.1 Å². The molecule has 4 heteroatoms. The van der Waals surface area contributed by atoms with E-state index in [1.807, 2.05) is 12.1 Å². The lowest BCUT2D eigenvalue weighted by Crippen LogP contribution is -2.02. The fourth-order valence-corrected chi connectivity index (χ4v) is 2.32. The third-order valence-corrected chi connectivity index (χ3v) is 3.48. The third kappa shape index (κ3) is 2.94. The quantitative estimate of drug-likeness (QED) is 0.847. The molecule has 0 radical (unpaired) electrons. The molecular formula is C13H16BrN3. The zero-order valence-corrected chi connectivity index (χ0v) is 11.5. The van der Waals surface area contributed by atoms with Gasteiger partial charge in [0.2, 0.25) is 0 Å². The molecule has 2 aromatic rings. The van der Waals surface area contributed by atoms with Gasteiger partial charge in [0.15, 0.2) is 0 Å². The first-order valence-electron chi connectivity index (χ1n) is 5.96. The lowest BCUT2D eigenvalue weighted by atomic mass is 10.2. The average Bonchev–Trinajstić information content (AvgIpc) is 2.37. The SMILES string of the molecule is CCCCCNc1ccc2nccnc2c1Br. The second-order valence-electron chi connectivity index (χ2n) is 3.99. The van der Waals surface area contributed by atoms with Gasteiger partial charge < -0.3 is 5.32 Å². The summed E-state index contributed by atoms with van der Waals surface area (Å²) in [5, 5.41) is 3.43. The fraction of sp³-hybridized carbons (Fsp3) is 0.385. The summed E-state index contributed by atoms with van der Waals surface area (Å²) in [4.78, 5) is 8.61. The summed E-state index contributed by atoms with van der Waals surface area (Å²) < 4.78 is 1.000. The summed E-state index contributed by atoms with van der Waals surface area (Å²) in [6.45, 7) is 3.21. The lowest BCUT2D eigenvalue weighted by Gasteiger charge is -2.09. The molecule has 1 aromatic heterocycles. The van der Waals surface area contributed by atoms with Crippen LogP contribution in [0.2, 0.25) is 0 Å². The predicted molar refractivity (Wildman–Crippen MR) is 75.3 cm³/mol. The minimum Gasteiger partial charge on any atom is -0.384 e. The number of rotatable bonds is 5. The molecule has 17 heavy (non-hydrogen) atoms. The minimum absolute atomic E-state index is 0.910. The summed E-state index contributed by atoms with van der Waals surface area (Å²) in [5.41, 5.74) is 2.92. The van der Waals surface area contributed by atoms with Crippen molar-refractivity contribution in [1.82, 2.24) is 9.97 Å². The molecule has 0 unspecified atom stereocenters. The van der Waals surface area contributed by atoms with Crippen LogP contribution < -0.4 is 5.32 Å². The van der Waals surface area contributed by atoms with Crippen LogP contribution in [0.25, 0.3) is 11.0 Å². The zero-order valence-electron chi connectivity index (χ0n) is 9.91. The number of hydrogen-bond acceptors (Lipinski definition) is 3. The number of benzene rings is 1. The highest BCUT2D eigenvalue weighted by molar-refractivity contribution is 9.10. The topological polar surface area (TPSA) is 37.8 Å². The van der Waals surface area contributed by atoms with Crippen LogP contribution in [0.3, 0.4) is 0 Å². The Labute approximate surface area is 110 Å². The molecule has 0 spiro atoms. The van der Waals surface area contributed by atoms with Gasteiger partial charge in [-0.3, -0.25) is 9.97 Å². The molecule has 0 saturated heterocycles. The molecule has 0 aliphatic rings. The number of nitrogens with one attached hydrogen (secondary N) is 1. The minimum atomic E-state index is 0.910. The van der Waals surface area contributed by atoms with Crippen molar-refractivity contribution < 1.29 is 0 Å². The number of anilines is 1. The van der Waals surface area contributed by atoms with Crippen LogP contribution in [0.5, 0.6) is 0 Å². The smallest absolute Gasteiger partial charge is 0.105 e. The molecule has 3 nitrogen and oxygen atoms in total. The monoisotopic (exact) mass is 293 g/mol. The van der Waals surface area contributed by atoms with Crippen LogP contribution in [-0.2, 0) is 0 Å². The molecule has 1 heterocycles. The fourth-order valence-electron chi connectivity index (χ4n) is 1.74. The van der Waals surface area contributed by atoms with Crippen LogP contribution in [0.4, 0.5) is 5.69 Å². The Balaban J connectivity index is 2.15. The number of unbranched alkanes of at least 4 members (excludes halogenated alkanes) is 2. The van der Waals surface area contributed by atoms with E-state index in [-0.39, 0.29) is 0 Å². The molecule has 1 N–H and O–H groups in total. The highest BCUT2D eigenvalue weighted by atomic mass is 79.9. The number of nitrogens with zero attached hydrogens (tertiary/aromatic N) is 2. The van der Waals surface area contributed by atoms with E-state index < -0.39 is 0 Å². The zero-order chi connectivity index (χ0) is 12.1. The summed E-state index contributed by atoms with van der Waals surface area (Å²) in [6.07, 6.45) is 7.13. The van der Waals surface area contributed by atoms with Crippen molar-refractivity contribution in [2.75, 3.05) is 11.9 Å². The van der Waals surface area contributed by atoms with Crippen molar-refractivity contribution in [3.8, 4) is 0 Å². The number of fused-ring (bicyclic) bond motifs is 1. The summed E-state index contributed by atoms with van der Waals surface area (Å²) in [7, 11) is 0. The van der Waals surface area contributed by atoms with E-state index in [1.165, 1.54) is 19.3 Å². The van der Waals surface area contributed by atoms with E-state index in [0.29, 0.717) is 0 Å². The lowest BCUT2D eigenvalue weighted by molar-refractivity contribution is 0.743. The highest BCUT2D eigenvalue weighted by Crippen LogP contribution is 2.28. The number of hydrogen-bond donors (Lipinski definition) is 1. The van der Waals surface area contributed by atoms with Gasteiger partial charge >= 0.3 is 0 Å². The molecular weight excluding hydrogens is 278 g/mol. The van der Waals surface area contributed by atoms with E-state index in [9.17, 15) is 0 Å². The van der Waals surface area contributed by atoms with Crippen molar-refractivity contribution in [3.05, 3.63) is 29.0 Å². The van der Waals surface area contributed by atoms with Gasteiger partial charge in [-0.1, -0.05) is 19.8 Å². The molecule has 0 amide bonds. The van der Waals surface area contributed by atoms with Crippen molar-refractivity contribution in [3.63, 3.8) is 0 Å². The molecule has 0 aliphatic heterocycles. The number of halogens is 1. The maximum atomic E-state index is 4.34. The molecule has 1 aromatic carbocycles. The van der Waals surface area contributed by atoms with Gasteiger partial charge in [-0.2, -0.15) is 0 Å². The van der Waals surface area contributed by atoms with Gasteiger partial charge in [0.1, 0.15) is 5.52 Å². The average molecular weight is 294 g/mol. The Morgan fingerprint density at radius 1 is 1.18 bits per heavy atom. The van der Waals surface area contributed by atoms with Gasteiger partial charge in [-0.15, -0.1) is 0 Å². The van der Waals surface area contributed by atoms with E-state index in [1.54, 1.807) is 12.4 Å². The van der Waals surface area contributed by atoms with Crippen molar-refractivity contribution in [2.45, 2.75) is 26.2 Å². The third-order valence-electron chi connectivity index (χ3n) is 2.67. The summed E-state index contributed by atoms with van der Waals surface area (Å²) in [6, 6.07) is 4.04. The van der Waals surface area contributed by atoms with Crippen molar-refractivity contribution in [1.29, 1.82) is 0 Å². The molecule has 0 fully saturated rings. The van der Waals surface area contributed by atoms with Crippen LogP contribution in [0.15, 0.2) is 29.0 Å². The normalized spacial score (nSPS) is 10.7. The largest absolute Gasteiger partial charge is 0.384 e. The highest BCUT2D eigenvalue weighted by Gasteiger charge is 2.05. The molecule has 2 rings (SSSR count). The Kier molecular flexibility index (Phi) is 4.31. The molecule has 0 saturated carbocycles. The molecule has 0 atom stereocenters. The van der Waals surface area contributed by atoms with Gasteiger partial charge in [0, 0.05) is 18.9 Å². The van der Waals surface area contributed by atoms with Crippen LogP contribution >= 0.6 is 15.9 Å². The summed E-state index contributed by atoms with van der Waals surface area (Å²) in [5.74, 6) is 0. The Hall–Kier alpha value is -1.16. The first kappa shape index (κ1) is 12.3. The van der Waals surface area contributed by atoms with Crippen molar-refractivity contribution in [2.24, 2.45) is 0 Å². The Morgan fingerprint density at radius 3 is 2.82 bits per heavy atom. The Bertz CT molecular complexity index is 499. The van der Waals surface area contributed by atoms with Crippen LogP contribution in [-0.4, -0.2) is 16.5 Å². The molecule has 0 aliphatic carbocycles. The van der Waals surface area contributed by atoms with Gasteiger partial charge in [-0.05, 0) is 34.5 Å². The Morgan fingerprint density at radius 2 is 2.00 bits per heavy atom. The van der Waals surface area contributed by atoms with Gasteiger partial charge in [-0.25, -0.2) is 0 Å². The first-order chi connectivity index (χ1) is 8.33. The van der Waals surface area contributed by atoms with Crippen molar-refractivity contribution >= 4 is 32.7 Å². The maximum Gasteiger partial charge on any atom is 0.105 e. The predicted octanol–water partition coefficient (Wildman–Crippen LogP) is 3.99. The van der Waals surface area contributed by atoms with E-state index in [4.69, 9.17) is 0 Å². The molecule has 0 bridgehead atoms. The maximum absolute atomic E-state index is 4.34. The first-order valence-corrected chi connectivity index (χ1v) is 6.75. The van der Waals surface area contributed by atoms with E-state index in [0.717, 1.165) is 27.7 Å². The summed E-state index contributed by atoms with van der Waals surface area (Å²) >= 11 is 3.59. The standard InChI is InChI=1S/C13H16BrN3/c1-2-3-4-7-15-10-5-6-11-13(12(10)14)17-9-8-16-11/h5-6,8-9,15H,2-4,7H2,1H3. The van der Waals surface area contributed by atoms with Gasteiger partial charge in [0.25, 0.3) is 0 Å². The number of aromatic nitrogens is 2. The van der Waals surface area contributed by atoms with Crippen LogP contribution in [0, 0.1) is 0 Å². The molecule has 90 valence electrons. The van der Waals surface area contributed by atoms with Crippen LogP contribution in [0.1, 0.15) is 26.2 Å². The van der Waals surface area contributed by atoms with E-state index >= 15 is 0 Å². The van der Waals surface area contributed by atoms with Gasteiger partial charge in [0.05, 0.1) is 15.7 Å². The second kappa shape index (κ2) is 5.96. The second-order valence-corrected chi connectivity index (χ2v) is 4.78.